The van der Waals surface area contributed by atoms with Gasteiger partial charge in [0.1, 0.15) is 6.33 Å². The summed E-state index contributed by atoms with van der Waals surface area (Å²) in [4.78, 5) is 0. The zero-order chi connectivity index (χ0) is 13.8. The number of aryl methyl sites for hydroxylation is 1. The van der Waals surface area contributed by atoms with Crippen molar-refractivity contribution in [3.05, 3.63) is 66.0 Å². The van der Waals surface area contributed by atoms with Gasteiger partial charge < -0.3 is 5.32 Å². The molecule has 1 aromatic heterocycles. The normalized spacial score (nSPS) is 10.4. The first kappa shape index (κ1) is 12.3. The summed E-state index contributed by atoms with van der Waals surface area (Å²) in [6, 6.07) is 16.4. The lowest BCUT2D eigenvalue weighted by Gasteiger charge is -2.11. The fourth-order valence-electron chi connectivity index (χ4n) is 2.00. The predicted octanol–water partition coefficient (Wildman–Crippen LogP) is 2.58. The molecule has 0 amide bonds. The number of para-hydroxylation sites is 2. The van der Waals surface area contributed by atoms with E-state index in [-0.39, 0.29) is 0 Å². The summed E-state index contributed by atoms with van der Waals surface area (Å²) in [5.74, 6) is 0. The van der Waals surface area contributed by atoms with Crippen LogP contribution in [0.1, 0.15) is 11.1 Å². The summed E-state index contributed by atoms with van der Waals surface area (Å²) < 4.78 is 1.65. The first-order chi connectivity index (χ1) is 9.83. The Labute approximate surface area is 117 Å². The Kier molecular flexibility index (Phi) is 3.41. The molecule has 0 saturated heterocycles. The molecule has 0 aliphatic heterocycles. The Morgan fingerprint density at radius 3 is 2.60 bits per heavy atom. The molecule has 0 aliphatic rings. The number of benzene rings is 2. The lowest BCUT2D eigenvalue weighted by molar-refractivity contribution is 0.789. The molecule has 20 heavy (non-hydrogen) atoms. The molecule has 5 nitrogen and oxygen atoms in total. The van der Waals surface area contributed by atoms with E-state index in [1.807, 2.05) is 24.3 Å². The monoisotopic (exact) mass is 265 g/mol. The molecule has 1 heterocycles. The highest BCUT2D eigenvalue weighted by Gasteiger charge is 2.04. The Morgan fingerprint density at radius 1 is 1.05 bits per heavy atom. The standard InChI is InChI=1S/C15H15N5/c1-12-6-8-13(9-7-12)10-16-14-4-2-3-5-15(14)20-11-17-18-19-20/h2-9,11,16H,10H2,1H3. The van der Waals surface area contributed by atoms with Crippen molar-refractivity contribution >= 4 is 5.69 Å². The predicted molar refractivity (Wildman–Crippen MR) is 77.7 cm³/mol. The highest BCUT2D eigenvalue weighted by Crippen LogP contribution is 2.19. The molecule has 0 unspecified atom stereocenters. The first-order valence-corrected chi connectivity index (χ1v) is 6.45. The van der Waals surface area contributed by atoms with Gasteiger partial charge in [0.25, 0.3) is 0 Å². The van der Waals surface area contributed by atoms with Gasteiger partial charge in [0.15, 0.2) is 0 Å². The third-order valence-corrected chi connectivity index (χ3v) is 3.10. The van der Waals surface area contributed by atoms with Crippen LogP contribution in [0.2, 0.25) is 0 Å². The van der Waals surface area contributed by atoms with Gasteiger partial charge in [-0.25, -0.2) is 0 Å². The van der Waals surface area contributed by atoms with Crippen LogP contribution in [0, 0.1) is 6.92 Å². The molecule has 100 valence electrons. The molecule has 2 aromatic carbocycles. The van der Waals surface area contributed by atoms with Crippen LogP contribution in [0.3, 0.4) is 0 Å². The van der Waals surface area contributed by atoms with Gasteiger partial charge in [-0.15, -0.1) is 5.10 Å². The van der Waals surface area contributed by atoms with E-state index in [1.54, 1.807) is 11.0 Å². The van der Waals surface area contributed by atoms with Crippen molar-refractivity contribution in [3.63, 3.8) is 0 Å². The molecular formula is C15H15N5. The van der Waals surface area contributed by atoms with Crippen LogP contribution in [-0.4, -0.2) is 20.2 Å². The van der Waals surface area contributed by atoms with Crippen molar-refractivity contribution < 1.29 is 0 Å². The van der Waals surface area contributed by atoms with Gasteiger partial charge >= 0.3 is 0 Å². The van der Waals surface area contributed by atoms with E-state index in [1.165, 1.54) is 11.1 Å². The van der Waals surface area contributed by atoms with Crippen molar-refractivity contribution in [1.82, 2.24) is 20.2 Å². The van der Waals surface area contributed by atoms with E-state index in [0.29, 0.717) is 0 Å². The molecule has 0 radical (unpaired) electrons. The van der Waals surface area contributed by atoms with Crippen molar-refractivity contribution in [2.45, 2.75) is 13.5 Å². The number of anilines is 1. The molecular weight excluding hydrogens is 250 g/mol. The van der Waals surface area contributed by atoms with Gasteiger partial charge in [-0.3, -0.25) is 0 Å². The topological polar surface area (TPSA) is 55.6 Å². The SMILES string of the molecule is Cc1ccc(CNc2ccccc2-n2cnnn2)cc1. The maximum atomic E-state index is 3.93. The summed E-state index contributed by atoms with van der Waals surface area (Å²) in [5.41, 5.74) is 4.44. The number of nitrogens with one attached hydrogen (secondary N) is 1. The summed E-state index contributed by atoms with van der Waals surface area (Å²) in [7, 11) is 0. The quantitative estimate of drug-likeness (QED) is 0.787. The number of hydrogen-bond acceptors (Lipinski definition) is 4. The first-order valence-electron chi connectivity index (χ1n) is 6.45. The second-order valence-corrected chi connectivity index (χ2v) is 4.61. The third-order valence-electron chi connectivity index (χ3n) is 3.10. The number of hydrogen-bond donors (Lipinski definition) is 1. The molecule has 0 bridgehead atoms. The van der Waals surface area contributed by atoms with Crippen LogP contribution in [0.5, 0.6) is 0 Å². The van der Waals surface area contributed by atoms with Gasteiger partial charge in [0.2, 0.25) is 0 Å². The Balaban J connectivity index is 1.79. The van der Waals surface area contributed by atoms with E-state index in [2.05, 4.69) is 52.0 Å². The second kappa shape index (κ2) is 5.52. The van der Waals surface area contributed by atoms with Crippen LogP contribution in [0.4, 0.5) is 5.69 Å². The van der Waals surface area contributed by atoms with Crippen LogP contribution in [-0.2, 0) is 6.54 Å². The molecule has 5 heteroatoms. The third kappa shape index (κ3) is 2.66. The van der Waals surface area contributed by atoms with E-state index in [0.717, 1.165) is 17.9 Å². The minimum Gasteiger partial charge on any atom is -0.379 e. The van der Waals surface area contributed by atoms with E-state index >= 15 is 0 Å². The highest BCUT2D eigenvalue weighted by molar-refractivity contribution is 5.60. The van der Waals surface area contributed by atoms with Crippen molar-refractivity contribution in [1.29, 1.82) is 0 Å². The fourth-order valence-corrected chi connectivity index (χ4v) is 2.00. The molecule has 0 aliphatic carbocycles. The largest absolute Gasteiger partial charge is 0.379 e. The van der Waals surface area contributed by atoms with Gasteiger partial charge in [0, 0.05) is 6.54 Å². The lowest BCUT2D eigenvalue weighted by atomic mass is 10.1. The number of nitrogens with zero attached hydrogens (tertiary/aromatic N) is 4. The van der Waals surface area contributed by atoms with E-state index < -0.39 is 0 Å². The van der Waals surface area contributed by atoms with Gasteiger partial charge in [-0.1, -0.05) is 42.0 Å². The lowest BCUT2D eigenvalue weighted by Crippen LogP contribution is -2.05. The number of rotatable bonds is 4. The van der Waals surface area contributed by atoms with Crippen molar-refractivity contribution in [2.24, 2.45) is 0 Å². The molecule has 1 N–H and O–H groups in total. The van der Waals surface area contributed by atoms with Crippen LogP contribution < -0.4 is 5.32 Å². The average Bonchev–Trinajstić information content (AvgIpc) is 3.01. The summed E-state index contributed by atoms with van der Waals surface area (Å²) in [6.07, 6.45) is 1.59. The van der Waals surface area contributed by atoms with Crippen molar-refractivity contribution in [2.75, 3.05) is 5.32 Å². The van der Waals surface area contributed by atoms with E-state index in [9.17, 15) is 0 Å². The summed E-state index contributed by atoms with van der Waals surface area (Å²) in [5, 5.41) is 14.7. The molecule has 0 saturated carbocycles. The minimum atomic E-state index is 0.763. The summed E-state index contributed by atoms with van der Waals surface area (Å²) >= 11 is 0. The zero-order valence-corrected chi connectivity index (χ0v) is 11.2. The summed E-state index contributed by atoms with van der Waals surface area (Å²) in [6.45, 7) is 2.85. The van der Waals surface area contributed by atoms with Gasteiger partial charge in [-0.05, 0) is 35.0 Å². The van der Waals surface area contributed by atoms with Gasteiger partial charge in [-0.2, -0.15) is 4.68 Å². The maximum absolute atomic E-state index is 3.93. The molecule has 0 spiro atoms. The zero-order valence-electron chi connectivity index (χ0n) is 11.2. The Morgan fingerprint density at radius 2 is 1.85 bits per heavy atom. The molecule has 0 fully saturated rings. The number of aromatic nitrogens is 4. The van der Waals surface area contributed by atoms with Gasteiger partial charge in [0.05, 0.1) is 11.4 Å². The molecule has 3 rings (SSSR count). The average molecular weight is 265 g/mol. The maximum Gasteiger partial charge on any atom is 0.143 e. The molecule has 3 aromatic rings. The Hall–Kier alpha value is -2.69. The second-order valence-electron chi connectivity index (χ2n) is 4.61. The van der Waals surface area contributed by atoms with Crippen LogP contribution in [0.15, 0.2) is 54.9 Å². The highest BCUT2D eigenvalue weighted by atomic mass is 15.5. The van der Waals surface area contributed by atoms with Crippen LogP contribution in [0.25, 0.3) is 5.69 Å². The molecule has 0 atom stereocenters. The van der Waals surface area contributed by atoms with Crippen LogP contribution >= 0.6 is 0 Å². The Bertz CT molecular complexity index is 674. The number of tetrazole rings is 1. The smallest absolute Gasteiger partial charge is 0.143 e. The minimum absolute atomic E-state index is 0.763. The van der Waals surface area contributed by atoms with Crippen molar-refractivity contribution in [3.8, 4) is 5.69 Å². The fraction of sp³-hybridized carbons (Fsp3) is 0.133. The van der Waals surface area contributed by atoms with E-state index in [4.69, 9.17) is 0 Å².